The SMILES string of the molecule is COC(=O)C1Cc2ccccc2CN1C(=O)c1cccc(S(C)(=O)=O)c1. The van der Waals surface area contributed by atoms with Crippen LogP contribution in [0.5, 0.6) is 0 Å². The van der Waals surface area contributed by atoms with E-state index in [2.05, 4.69) is 0 Å². The lowest BCUT2D eigenvalue weighted by Crippen LogP contribution is -2.49. The molecule has 0 radical (unpaired) electrons. The average Bonchev–Trinajstić information content (AvgIpc) is 2.65. The van der Waals surface area contributed by atoms with Gasteiger partial charge in [0.1, 0.15) is 6.04 Å². The molecule has 0 fully saturated rings. The first kappa shape index (κ1) is 18.1. The molecular formula is C19H19NO5S. The molecule has 0 aliphatic carbocycles. The molecule has 1 unspecified atom stereocenters. The van der Waals surface area contributed by atoms with Gasteiger partial charge >= 0.3 is 5.97 Å². The molecule has 0 spiro atoms. The average molecular weight is 373 g/mol. The number of nitrogens with zero attached hydrogens (tertiary/aromatic N) is 1. The van der Waals surface area contributed by atoms with Crippen LogP contribution in [0.15, 0.2) is 53.4 Å². The van der Waals surface area contributed by atoms with E-state index in [0.29, 0.717) is 6.42 Å². The van der Waals surface area contributed by atoms with E-state index in [4.69, 9.17) is 4.74 Å². The van der Waals surface area contributed by atoms with E-state index in [1.54, 1.807) is 6.07 Å². The zero-order valence-electron chi connectivity index (χ0n) is 14.5. The highest BCUT2D eigenvalue weighted by Gasteiger charge is 2.35. The van der Waals surface area contributed by atoms with Crippen LogP contribution in [-0.4, -0.2) is 44.6 Å². The maximum atomic E-state index is 13.0. The lowest BCUT2D eigenvalue weighted by Gasteiger charge is -2.35. The number of amides is 1. The first-order valence-electron chi connectivity index (χ1n) is 8.07. The minimum Gasteiger partial charge on any atom is -0.467 e. The number of sulfone groups is 1. The van der Waals surface area contributed by atoms with Crippen molar-refractivity contribution in [3.63, 3.8) is 0 Å². The standard InChI is InChI=1S/C19H19NO5S/c1-25-19(22)17-11-13-6-3-4-7-15(13)12-20(17)18(21)14-8-5-9-16(10-14)26(2,23)24/h3-10,17H,11-12H2,1-2H3. The van der Waals surface area contributed by atoms with E-state index < -0.39 is 27.8 Å². The third-order valence-corrected chi connectivity index (χ3v) is 5.60. The lowest BCUT2D eigenvalue weighted by molar-refractivity contribution is -0.146. The van der Waals surface area contributed by atoms with Crippen LogP contribution in [0.25, 0.3) is 0 Å². The summed E-state index contributed by atoms with van der Waals surface area (Å²) < 4.78 is 28.4. The van der Waals surface area contributed by atoms with Crippen LogP contribution < -0.4 is 0 Å². The van der Waals surface area contributed by atoms with Gasteiger partial charge in [-0.3, -0.25) is 4.79 Å². The number of esters is 1. The Morgan fingerprint density at radius 1 is 1.08 bits per heavy atom. The Bertz CT molecular complexity index is 967. The van der Waals surface area contributed by atoms with Crippen molar-refractivity contribution in [1.29, 1.82) is 0 Å². The number of methoxy groups -OCH3 is 1. The van der Waals surface area contributed by atoms with Gasteiger partial charge in [0.2, 0.25) is 0 Å². The third-order valence-electron chi connectivity index (χ3n) is 4.49. The number of fused-ring (bicyclic) bond motifs is 1. The highest BCUT2D eigenvalue weighted by atomic mass is 32.2. The second-order valence-electron chi connectivity index (χ2n) is 6.24. The Morgan fingerprint density at radius 2 is 1.77 bits per heavy atom. The molecule has 1 atom stereocenters. The van der Waals surface area contributed by atoms with E-state index in [1.165, 1.54) is 30.2 Å². The van der Waals surface area contributed by atoms with E-state index in [-0.39, 0.29) is 17.0 Å². The second-order valence-corrected chi connectivity index (χ2v) is 8.26. The number of benzene rings is 2. The monoisotopic (exact) mass is 373 g/mol. The summed E-state index contributed by atoms with van der Waals surface area (Å²) in [6.07, 6.45) is 1.45. The van der Waals surface area contributed by atoms with Crippen molar-refractivity contribution in [3.05, 3.63) is 65.2 Å². The normalized spacial score (nSPS) is 16.7. The van der Waals surface area contributed by atoms with E-state index in [0.717, 1.165) is 17.4 Å². The van der Waals surface area contributed by atoms with Gasteiger partial charge in [-0.1, -0.05) is 30.3 Å². The summed E-state index contributed by atoms with van der Waals surface area (Å²) in [5.74, 6) is -0.896. The molecule has 26 heavy (non-hydrogen) atoms. The van der Waals surface area contributed by atoms with Crippen LogP contribution in [0, 0.1) is 0 Å². The summed E-state index contributed by atoms with van der Waals surface area (Å²) in [6.45, 7) is 0.262. The van der Waals surface area contributed by atoms with Gasteiger partial charge in [-0.2, -0.15) is 0 Å². The number of hydrogen-bond donors (Lipinski definition) is 0. The third kappa shape index (κ3) is 3.48. The minimum absolute atomic E-state index is 0.0652. The van der Waals surface area contributed by atoms with Crippen molar-refractivity contribution in [2.75, 3.05) is 13.4 Å². The summed E-state index contributed by atoms with van der Waals surface area (Å²) in [7, 11) is -2.15. The molecule has 1 amide bonds. The molecule has 7 heteroatoms. The van der Waals surface area contributed by atoms with Crippen LogP contribution in [0.3, 0.4) is 0 Å². The highest BCUT2D eigenvalue weighted by molar-refractivity contribution is 7.90. The Balaban J connectivity index is 2.00. The molecule has 0 saturated heterocycles. The van der Waals surface area contributed by atoms with Gasteiger partial charge in [0.15, 0.2) is 9.84 Å². The molecule has 1 aliphatic rings. The Labute approximate surface area is 152 Å². The Morgan fingerprint density at radius 3 is 2.42 bits per heavy atom. The van der Waals surface area contributed by atoms with Crippen molar-refractivity contribution in [2.45, 2.75) is 23.9 Å². The first-order valence-corrected chi connectivity index (χ1v) is 9.96. The zero-order valence-corrected chi connectivity index (χ0v) is 15.3. The molecule has 3 rings (SSSR count). The summed E-state index contributed by atoms with van der Waals surface area (Å²) in [5.41, 5.74) is 2.18. The highest BCUT2D eigenvalue weighted by Crippen LogP contribution is 2.26. The quantitative estimate of drug-likeness (QED) is 0.767. The largest absolute Gasteiger partial charge is 0.467 e. The number of carbonyl (C=O) groups is 2. The molecule has 0 N–H and O–H groups in total. The van der Waals surface area contributed by atoms with E-state index in [1.807, 2.05) is 24.3 Å². The maximum Gasteiger partial charge on any atom is 0.328 e. The van der Waals surface area contributed by atoms with E-state index >= 15 is 0 Å². The molecule has 2 aromatic rings. The molecule has 6 nitrogen and oxygen atoms in total. The van der Waals surface area contributed by atoms with Gasteiger partial charge in [0.25, 0.3) is 5.91 Å². The molecule has 0 saturated carbocycles. The van der Waals surface area contributed by atoms with Crippen molar-refractivity contribution in [3.8, 4) is 0 Å². The summed E-state index contributed by atoms with van der Waals surface area (Å²) in [5, 5.41) is 0. The minimum atomic E-state index is -3.44. The Hall–Kier alpha value is -2.67. The summed E-state index contributed by atoms with van der Waals surface area (Å²) >= 11 is 0. The van der Waals surface area contributed by atoms with Gasteiger partial charge in [0.05, 0.1) is 12.0 Å². The molecule has 0 aromatic heterocycles. The number of hydrogen-bond acceptors (Lipinski definition) is 5. The summed E-state index contributed by atoms with van der Waals surface area (Å²) in [6, 6.07) is 12.7. The fourth-order valence-electron chi connectivity index (χ4n) is 3.11. The smallest absolute Gasteiger partial charge is 0.328 e. The lowest BCUT2D eigenvalue weighted by atomic mass is 9.93. The van der Waals surface area contributed by atoms with Crippen LogP contribution in [0.2, 0.25) is 0 Å². The Kier molecular flexibility index (Phi) is 4.82. The van der Waals surface area contributed by atoms with Crippen molar-refractivity contribution in [2.24, 2.45) is 0 Å². The zero-order chi connectivity index (χ0) is 18.9. The molecule has 136 valence electrons. The van der Waals surface area contributed by atoms with Crippen molar-refractivity contribution >= 4 is 21.7 Å². The van der Waals surface area contributed by atoms with Crippen LogP contribution >= 0.6 is 0 Å². The van der Waals surface area contributed by atoms with E-state index in [9.17, 15) is 18.0 Å². The number of carbonyl (C=O) groups excluding carboxylic acids is 2. The predicted molar refractivity (Wildman–Crippen MR) is 95.4 cm³/mol. The van der Waals surface area contributed by atoms with Crippen LogP contribution in [0.1, 0.15) is 21.5 Å². The molecule has 0 bridgehead atoms. The molecule has 2 aromatic carbocycles. The van der Waals surface area contributed by atoms with Crippen molar-refractivity contribution < 1.29 is 22.7 Å². The van der Waals surface area contributed by atoms with Gasteiger partial charge in [0, 0.05) is 24.8 Å². The van der Waals surface area contributed by atoms with Gasteiger partial charge in [-0.05, 0) is 29.3 Å². The second kappa shape index (κ2) is 6.92. The fourth-order valence-corrected chi connectivity index (χ4v) is 3.78. The van der Waals surface area contributed by atoms with Crippen molar-refractivity contribution in [1.82, 2.24) is 4.90 Å². The molecule has 1 heterocycles. The summed E-state index contributed by atoms with van der Waals surface area (Å²) in [4.78, 5) is 26.8. The molecule has 1 aliphatic heterocycles. The maximum absolute atomic E-state index is 13.0. The van der Waals surface area contributed by atoms with Gasteiger partial charge in [-0.25, -0.2) is 13.2 Å². The van der Waals surface area contributed by atoms with Crippen LogP contribution in [0.4, 0.5) is 0 Å². The number of ether oxygens (including phenoxy) is 1. The fraction of sp³-hybridized carbons (Fsp3) is 0.263. The topological polar surface area (TPSA) is 80.8 Å². The molecular weight excluding hydrogens is 354 g/mol. The number of rotatable bonds is 3. The van der Waals surface area contributed by atoms with Crippen LogP contribution in [-0.2, 0) is 32.3 Å². The van der Waals surface area contributed by atoms with Gasteiger partial charge < -0.3 is 9.64 Å². The van der Waals surface area contributed by atoms with Gasteiger partial charge in [-0.15, -0.1) is 0 Å². The first-order chi connectivity index (χ1) is 12.3. The predicted octanol–water partition coefficient (Wildman–Crippen LogP) is 1.83.